The van der Waals surface area contributed by atoms with Crippen LogP contribution in [0.4, 0.5) is 13.2 Å². The molecule has 0 saturated heterocycles. The highest BCUT2D eigenvalue weighted by Crippen LogP contribution is 2.33. The van der Waals surface area contributed by atoms with Crippen molar-refractivity contribution in [3.05, 3.63) is 47.2 Å². The Morgan fingerprint density at radius 2 is 1.88 bits per heavy atom. The second-order valence-corrected chi connectivity index (χ2v) is 6.61. The van der Waals surface area contributed by atoms with Gasteiger partial charge in [0.05, 0.1) is 16.6 Å². The minimum Gasteiger partial charge on any atom is -0.324 e. The standard InChI is InChI=1S/C19H19ClF3N3/c1-2-3-4-5-10-26-16-8-7-14(19(21,22)23)11-15(16)25-18(26)13-6-9-17(20)24-12-13/h6-9,11-12H,2-5,10H2,1H3. The van der Waals surface area contributed by atoms with E-state index in [4.69, 9.17) is 11.6 Å². The van der Waals surface area contributed by atoms with Crippen molar-refractivity contribution in [1.29, 1.82) is 0 Å². The fourth-order valence-electron chi connectivity index (χ4n) is 2.96. The van der Waals surface area contributed by atoms with Gasteiger partial charge >= 0.3 is 6.18 Å². The largest absolute Gasteiger partial charge is 0.416 e. The zero-order valence-electron chi connectivity index (χ0n) is 14.4. The summed E-state index contributed by atoms with van der Waals surface area (Å²) >= 11 is 5.84. The Hall–Kier alpha value is -2.08. The maximum atomic E-state index is 13.0. The molecule has 3 nitrogen and oxygen atoms in total. The fraction of sp³-hybridized carbons (Fsp3) is 0.368. The summed E-state index contributed by atoms with van der Waals surface area (Å²) in [6.07, 6.45) is 1.46. The Labute approximate surface area is 154 Å². The molecule has 0 N–H and O–H groups in total. The van der Waals surface area contributed by atoms with Crippen LogP contribution in [-0.2, 0) is 12.7 Å². The molecule has 0 bridgehead atoms. The van der Waals surface area contributed by atoms with Crippen LogP contribution in [0, 0.1) is 0 Å². The van der Waals surface area contributed by atoms with E-state index in [0.29, 0.717) is 28.6 Å². The minimum absolute atomic E-state index is 0.334. The van der Waals surface area contributed by atoms with Gasteiger partial charge in [-0.05, 0) is 36.8 Å². The summed E-state index contributed by atoms with van der Waals surface area (Å²) in [4.78, 5) is 8.53. The van der Waals surface area contributed by atoms with Gasteiger partial charge in [0.2, 0.25) is 0 Å². The first kappa shape index (κ1) is 18.7. The van der Waals surface area contributed by atoms with Gasteiger partial charge in [-0.2, -0.15) is 13.2 Å². The maximum absolute atomic E-state index is 13.0. The van der Waals surface area contributed by atoms with Crippen molar-refractivity contribution < 1.29 is 13.2 Å². The molecule has 3 aromatic rings. The minimum atomic E-state index is -4.39. The molecule has 0 radical (unpaired) electrons. The average Bonchev–Trinajstić information content (AvgIpc) is 2.96. The molecule has 1 aromatic carbocycles. The van der Waals surface area contributed by atoms with Gasteiger partial charge in [-0.1, -0.05) is 37.8 Å². The third kappa shape index (κ3) is 4.01. The van der Waals surface area contributed by atoms with Crippen LogP contribution < -0.4 is 0 Å². The lowest BCUT2D eigenvalue weighted by Crippen LogP contribution is -2.05. The van der Waals surface area contributed by atoms with Crippen molar-refractivity contribution in [3.8, 4) is 11.4 Å². The Kier molecular flexibility index (Phi) is 5.51. The summed E-state index contributed by atoms with van der Waals surface area (Å²) in [6, 6.07) is 7.14. The number of imidazole rings is 1. The predicted octanol–water partition coefficient (Wildman–Crippen LogP) is 6.35. The highest BCUT2D eigenvalue weighted by molar-refractivity contribution is 6.29. The molecule has 0 unspecified atom stereocenters. The van der Waals surface area contributed by atoms with Crippen LogP contribution in [0.3, 0.4) is 0 Å². The van der Waals surface area contributed by atoms with Crippen molar-refractivity contribution in [2.24, 2.45) is 0 Å². The van der Waals surface area contributed by atoms with E-state index in [-0.39, 0.29) is 0 Å². The molecule has 7 heteroatoms. The normalized spacial score (nSPS) is 12.0. The molecule has 0 fully saturated rings. The van der Waals surface area contributed by atoms with E-state index in [1.165, 1.54) is 6.07 Å². The molecule has 3 rings (SSSR count). The van der Waals surface area contributed by atoms with Gasteiger partial charge < -0.3 is 4.57 Å². The number of aromatic nitrogens is 3. The number of rotatable bonds is 6. The summed E-state index contributed by atoms with van der Waals surface area (Å²) in [6.45, 7) is 2.83. The smallest absolute Gasteiger partial charge is 0.324 e. The first-order chi connectivity index (χ1) is 12.4. The van der Waals surface area contributed by atoms with Gasteiger partial charge in [0.15, 0.2) is 0 Å². The summed E-state index contributed by atoms with van der Waals surface area (Å²) in [5, 5.41) is 0.360. The van der Waals surface area contributed by atoms with Crippen LogP contribution in [0.25, 0.3) is 22.4 Å². The SMILES string of the molecule is CCCCCCn1c(-c2ccc(Cl)nc2)nc2cc(C(F)(F)F)ccc21. The highest BCUT2D eigenvalue weighted by Gasteiger charge is 2.31. The molecule has 2 aromatic heterocycles. The van der Waals surface area contributed by atoms with Crippen LogP contribution in [0.15, 0.2) is 36.5 Å². The molecule has 0 amide bonds. The van der Waals surface area contributed by atoms with E-state index in [2.05, 4.69) is 16.9 Å². The first-order valence-corrected chi connectivity index (χ1v) is 8.97. The lowest BCUT2D eigenvalue weighted by Gasteiger charge is -2.10. The molecule has 0 aliphatic carbocycles. The zero-order valence-corrected chi connectivity index (χ0v) is 15.1. The second kappa shape index (κ2) is 7.66. The third-order valence-electron chi connectivity index (χ3n) is 4.30. The van der Waals surface area contributed by atoms with E-state index in [9.17, 15) is 13.2 Å². The third-order valence-corrected chi connectivity index (χ3v) is 4.52. The number of unbranched alkanes of at least 4 members (excludes halogenated alkanes) is 3. The number of hydrogen-bond donors (Lipinski definition) is 0. The van der Waals surface area contributed by atoms with Crippen LogP contribution >= 0.6 is 11.6 Å². The summed E-state index contributed by atoms with van der Waals surface area (Å²) in [5.41, 5.74) is 1.07. The van der Waals surface area contributed by atoms with E-state index in [1.807, 2.05) is 4.57 Å². The Morgan fingerprint density at radius 3 is 2.54 bits per heavy atom. The monoisotopic (exact) mass is 381 g/mol. The molecular weight excluding hydrogens is 363 g/mol. The first-order valence-electron chi connectivity index (χ1n) is 8.59. The molecule has 0 saturated carbocycles. The lowest BCUT2D eigenvalue weighted by molar-refractivity contribution is -0.137. The van der Waals surface area contributed by atoms with Crippen molar-refractivity contribution in [2.75, 3.05) is 0 Å². The Bertz CT molecular complexity index is 885. The molecule has 0 aliphatic rings. The number of halogens is 4. The van der Waals surface area contributed by atoms with Gasteiger partial charge in [-0.3, -0.25) is 0 Å². The number of aryl methyl sites for hydroxylation is 1. The average molecular weight is 382 g/mol. The molecule has 0 spiro atoms. The predicted molar refractivity (Wildman–Crippen MR) is 97.1 cm³/mol. The quantitative estimate of drug-likeness (QED) is 0.368. The second-order valence-electron chi connectivity index (χ2n) is 6.22. The van der Waals surface area contributed by atoms with Crippen LogP contribution in [0.1, 0.15) is 38.2 Å². The van der Waals surface area contributed by atoms with E-state index in [1.54, 1.807) is 18.3 Å². The van der Waals surface area contributed by atoms with Crippen molar-refractivity contribution in [1.82, 2.24) is 14.5 Å². The number of nitrogens with zero attached hydrogens (tertiary/aromatic N) is 3. The molecule has 26 heavy (non-hydrogen) atoms. The number of fused-ring (bicyclic) bond motifs is 1. The van der Waals surface area contributed by atoms with Gasteiger partial charge in [-0.15, -0.1) is 0 Å². The van der Waals surface area contributed by atoms with E-state index < -0.39 is 11.7 Å². The molecular formula is C19H19ClF3N3. The maximum Gasteiger partial charge on any atom is 0.416 e. The van der Waals surface area contributed by atoms with Crippen LogP contribution in [0.5, 0.6) is 0 Å². The Morgan fingerprint density at radius 1 is 1.08 bits per heavy atom. The summed E-state index contributed by atoms with van der Waals surface area (Å²) < 4.78 is 41.0. The number of alkyl halides is 3. The molecule has 0 atom stereocenters. The number of benzene rings is 1. The van der Waals surface area contributed by atoms with Crippen molar-refractivity contribution >= 4 is 22.6 Å². The number of pyridine rings is 1. The fourth-order valence-corrected chi connectivity index (χ4v) is 3.07. The van der Waals surface area contributed by atoms with Crippen molar-refractivity contribution in [3.63, 3.8) is 0 Å². The summed E-state index contributed by atoms with van der Waals surface area (Å²) in [7, 11) is 0. The summed E-state index contributed by atoms with van der Waals surface area (Å²) in [5.74, 6) is 0.611. The van der Waals surface area contributed by atoms with Gasteiger partial charge in [0, 0.05) is 18.3 Å². The van der Waals surface area contributed by atoms with Crippen LogP contribution in [0.2, 0.25) is 5.15 Å². The number of hydrogen-bond acceptors (Lipinski definition) is 2. The van der Waals surface area contributed by atoms with Gasteiger partial charge in [0.1, 0.15) is 11.0 Å². The van der Waals surface area contributed by atoms with Crippen molar-refractivity contribution in [2.45, 2.75) is 45.3 Å². The zero-order chi connectivity index (χ0) is 18.7. The molecule has 0 aliphatic heterocycles. The molecule has 138 valence electrons. The lowest BCUT2D eigenvalue weighted by atomic mass is 10.2. The highest BCUT2D eigenvalue weighted by atomic mass is 35.5. The topological polar surface area (TPSA) is 30.7 Å². The van der Waals surface area contributed by atoms with Gasteiger partial charge in [0.25, 0.3) is 0 Å². The Balaban J connectivity index is 2.06. The van der Waals surface area contributed by atoms with E-state index >= 15 is 0 Å². The van der Waals surface area contributed by atoms with E-state index in [0.717, 1.165) is 43.4 Å². The van der Waals surface area contributed by atoms with Crippen LogP contribution in [-0.4, -0.2) is 14.5 Å². The van der Waals surface area contributed by atoms with Gasteiger partial charge in [-0.25, -0.2) is 9.97 Å². The molecule has 2 heterocycles.